The van der Waals surface area contributed by atoms with Gasteiger partial charge in [0.1, 0.15) is 5.78 Å². The molecule has 0 radical (unpaired) electrons. The number of hydrogen-bond donors (Lipinski definition) is 1. The van der Waals surface area contributed by atoms with Crippen molar-refractivity contribution < 1.29 is 9.90 Å². The molecule has 0 saturated heterocycles. The topological polar surface area (TPSA) is 37.3 Å². The number of aryl methyl sites for hydroxylation is 1. The summed E-state index contributed by atoms with van der Waals surface area (Å²) in [6.45, 7) is 4.13. The highest BCUT2D eigenvalue weighted by molar-refractivity contribution is 5.82. The lowest BCUT2D eigenvalue weighted by Gasteiger charge is -2.33. The third-order valence-corrected chi connectivity index (χ3v) is 4.16. The molecule has 0 bridgehead atoms. The number of Topliss-reactive ketones (excluding diaryl/α,β-unsaturated/α-hetero) is 1. The summed E-state index contributed by atoms with van der Waals surface area (Å²) in [6, 6.07) is 7.86. The summed E-state index contributed by atoms with van der Waals surface area (Å²) in [7, 11) is 0. The summed E-state index contributed by atoms with van der Waals surface area (Å²) >= 11 is 0. The standard InChI is InChI=1S/C16H22O2/c1-3-12-5-4-6-14(17)15(12)16(18)13-9-7-11(2)8-10-13/h7-10,12,15-16,18H,3-6H2,1-2H3/t12-,15+,16-/m0/s1. The first-order valence-corrected chi connectivity index (χ1v) is 6.90. The van der Waals surface area contributed by atoms with Crippen LogP contribution in [0, 0.1) is 18.8 Å². The molecule has 0 aromatic heterocycles. The minimum absolute atomic E-state index is 0.202. The van der Waals surface area contributed by atoms with Crippen molar-refractivity contribution in [2.45, 2.75) is 45.6 Å². The molecule has 1 aliphatic rings. The van der Waals surface area contributed by atoms with Crippen LogP contribution in [0.5, 0.6) is 0 Å². The van der Waals surface area contributed by atoms with E-state index in [4.69, 9.17) is 0 Å². The number of aliphatic hydroxyl groups is 1. The fourth-order valence-electron chi connectivity index (χ4n) is 3.01. The van der Waals surface area contributed by atoms with Gasteiger partial charge in [-0.2, -0.15) is 0 Å². The van der Waals surface area contributed by atoms with Gasteiger partial charge in [0.2, 0.25) is 0 Å². The Morgan fingerprint density at radius 2 is 2.00 bits per heavy atom. The lowest BCUT2D eigenvalue weighted by molar-refractivity contribution is -0.132. The molecular formula is C16H22O2. The first-order valence-electron chi connectivity index (χ1n) is 6.90. The Kier molecular flexibility index (Phi) is 4.18. The third kappa shape index (κ3) is 2.64. The number of aliphatic hydroxyl groups excluding tert-OH is 1. The van der Waals surface area contributed by atoms with E-state index in [9.17, 15) is 9.90 Å². The lowest BCUT2D eigenvalue weighted by Crippen LogP contribution is -2.33. The first-order chi connectivity index (χ1) is 8.63. The predicted octanol–water partition coefficient (Wildman–Crippen LogP) is 3.42. The van der Waals surface area contributed by atoms with Gasteiger partial charge >= 0.3 is 0 Å². The van der Waals surface area contributed by atoms with Crippen LogP contribution in [0.3, 0.4) is 0 Å². The molecule has 1 N–H and O–H groups in total. The Balaban J connectivity index is 2.22. The average Bonchev–Trinajstić information content (AvgIpc) is 2.38. The van der Waals surface area contributed by atoms with Gasteiger partial charge in [-0.25, -0.2) is 0 Å². The van der Waals surface area contributed by atoms with Gasteiger partial charge in [0.15, 0.2) is 0 Å². The van der Waals surface area contributed by atoms with Crippen LogP contribution >= 0.6 is 0 Å². The molecule has 1 fully saturated rings. The summed E-state index contributed by atoms with van der Waals surface area (Å²) in [4.78, 5) is 12.1. The van der Waals surface area contributed by atoms with E-state index in [0.29, 0.717) is 12.3 Å². The van der Waals surface area contributed by atoms with Gasteiger partial charge in [-0.1, -0.05) is 43.2 Å². The van der Waals surface area contributed by atoms with Crippen LogP contribution in [-0.4, -0.2) is 10.9 Å². The van der Waals surface area contributed by atoms with Gasteiger partial charge in [0.25, 0.3) is 0 Å². The van der Waals surface area contributed by atoms with Crippen LogP contribution in [-0.2, 0) is 4.79 Å². The molecule has 1 aromatic rings. The zero-order valence-corrected chi connectivity index (χ0v) is 11.2. The van der Waals surface area contributed by atoms with Crippen molar-refractivity contribution in [2.24, 2.45) is 11.8 Å². The molecule has 2 rings (SSSR count). The predicted molar refractivity (Wildman–Crippen MR) is 72.3 cm³/mol. The maximum atomic E-state index is 12.1. The molecule has 2 nitrogen and oxygen atoms in total. The van der Waals surface area contributed by atoms with E-state index < -0.39 is 6.10 Å². The van der Waals surface area contributed by atoms with Crippen LogP contribution in [0.15, 0.2) is 24.3 Å². The van der Waals surface area contributed by atoms with Gasteiger partial charge < -0.3 is 5.11 Å². The average molecular weight is 246 g/mol. The molecule has 0 amide bonds. The van der Waals surface area contributed by atoms with Crippen molar-refractivity contribution in [2.75, 3.05) is 0 Å². The summed E-state index contributed by atoms with van der Waals surface area (Å²) in [6.07, 6.45) is 3.01. The van der Waals surface area contributed by atoms with Crippen LogP contribution < -0.4 is 0 Å². The normalized spacial score (nSPS) is 26.1. The number of benzene rings is 1. The maximum absolute atomic E-state index is 12.1. The lowest BCUT2D eigenvalue weighted by atomic mass is 9.72. The van der Waals surface area contributed by atoms with Crippen molar-refractivity contribution in [1.29, 1.82) is 0 Å². The monoisotopic (exact) mass is 246 g/mol. The summed E-state index contributed by atoms with van der Waals surface area (Å²) in [5.41, 5.74) is 2.05. The highest BCUT2D eigenvalue weighted by Crippen LogP contribution is 2.38. The van der Waals surface area contributed by atoms with E-state index in [2.05, 4.69) is 6.92 Å². The molecule has 1 aromatic carbocycles. The van der Waals surface area contributed by atoms with Crippen LogP contribution in [0.25, 0.3) is 0 Å². The van der Waals surface area contributed by atoms with Gasteiger partial charge in [0.05, 0.1) is 12.0 Å². The van der Waals surface area contributed by atoms with E-state index in [1.54, 1.807) is 0 Å². The molecule has 0 heterocycles. The second-order valence-corrected chi connectivity index (χ2v) is 5.41. The molecule has 1 aliphatic carbocycles. The van der Waals surface area contributed by atoms with E-state index in [0.717, 1.165) is 24.8 Å². The van der Waals surface area contributed by atoms with Crippen molar-refractivity contribution in [3.8, 4) is 0 Å². The molecule has 98 valence electrons. The van der Waals surface area contributed by atoms with Gasteiger partial charge in [0, 0.05) is 6.42 Å². The number of carbonyl (C=O) groups excluding carboxylic acids is 1. The Labute approximate surface area is 109 Å². The van der Waals surface area contributed by atoms with Crippen LogP contribution in [0.2, 0.25) is 0 Å². The molecule has 0 spiro atoms. The quantitative estimate of drug-likeness (QED) is 0.887. The Hall–Kier alpha value is -1.15. The summed E-state index contributed by atoms with van der Waals surface area (Å²) in [5, 5.41) is 10.5. The van der Waals surface area contributed by atoms with Gasteiger partial charge in [-0.15, -0.1) is 0 Å². The Bertz CT molecular complexity index is 408. The zero-order valence-electron chi connectivity index (χ0n) is 11.2. The summed E-state index contributed by atoms with van der Waals surface area (Å²) < 4.78 is 0. The Morgan fingerprint density at radius 3 is 2.61 bits per heavy atom. The van der Waals surface area contributed by atoms with Crippen molar-refractivity contribution >= 4 is 5.78 Å². The maximum Gasteiger partial charge on any atom is 0.139 e. The molecular weight excluding hydrogens is 224 g/mol. The second kappa shape index (κ2) is 5.66. The molecule has 18 heavy (non-hydrogen) atoms. The number of carbonyl (C=O) groups is 1. The van der Waals surface area contributed by atoms with E-state index in [1.807, 2.05) is 31.2 Å². The largest absolute Gasteiger partial charge is 0.388 e. The molecule has 3 atom stereocenters. The molecule has 0 aliphatic heterocycles. The minimum atomic E-state index is -0.636. The van der Waals surface area contributed by atoms with E-state index >= 15 is 0 Å². The van der Waals surface area contributed by atoms with E-state index in [-0.39, 0.29) is 11.7 Å². The SMILES string of the molecule is CC[C@H]1CCCC(=O)[C@@H]1[C@@H](O)c1ccc(C)cc1. The highest BCUT2D eigenvalue weighted by Gasteiger charge is 2.36. The van der Waals surface area contributed by atoms with E-state index in [1.165, 1.54) is 5.56 Å². The zero-order chi connectivity index (χ0) is 13.1. The first kappa shape index (κ1) is 13.3. The highest BCUT2D eigenvalue weighted by atomic mass is 16.3. The number of rotatable bonds is 3. The van der Waals surface area contributed by atoms with Gasteiger partial charge in [-0.3, -0.25) is 4.79 Å². The molecule has 0 unspecified atom stereocenters. The second-order valence-electron chi connectivity index (χ2n) is 5.41. The summed E-state index contributed by atoms with van der Waals surface area (Å²) in [5.74, 6) is 0.371. The Morgan fingerprint density at radius 1 is 1.33 bits per heavy atom. The smallest absolute Gasteiger partial charge is 0.139 e. The molecule has 2 heteroatoms. The van der Waals surface area contributed by atoms with Crippen molar-refractivity contribution in [1.82, 2.24) is 0 Å². The van der Waals surface area contributed by atoms with Crippen LogP contribution in [0.4, 0.5) is 0 Å². The molecule has 1 saturated carbocycles. The fraction of sp³-hybridized carbons (Fsp3) is 0.562. The number of ketones is 1. The third-order valence-electron chi connectivity index (χ3n) is 4.16. The minimum Gasteiger partial charge on any atom is -0.388 e. The van der Waals surface area contributed by atoms with Crippen LogP contribution in [0.1, 0.15) is 49.8 Å². The van der Waals surface area contributed by atoms with Crippen molar-refractivity contribution in [3.63, 3.8) is 0 Å². The van der Waals surface area contributed by atoms with Crippen molar-refractivity contribution in [3.05, 3.63) is 35.4 Å². The van der Waals surface area contributed by atoms with Gasteiger partial charge in [-0.05, 0) is 31.2 Å². The fourth-order valence-corrected chi connectivity index (χ4v) is 3.01. The number of hydrogen-bond acceptors (Lipinski definition) is 2.